The maximum absolute atomic E-state index is 14.1. The maximum Gasteiger partial charge on any atom is 0.311 e. The quantitative estimate of drug-likeness (QED) is 0.140. The number of unbranched alkanes of at least 4 members (excludes halogenated alkanes) is 4. The van der Waals surface area contributed by atoms with E-state index in [0.29, 0.717) is 26.1 Å². The minimum absolute atomic E-state index is 0.0288. The van der Waals surface area contributed by atoms with Gasteiger partial charge in [-0.1, -0.05) is 60.8 Å². The van der Waals surface area contributed by atoms with Gasteiger partial charge in [-0.25, -0.2) is 0 Å². The molecule has 3 saturated heterocycles. The molecule has 35 heavy (non-hydrogen) atoms. The number of rotatable bonds is 15. The molecule has 196 valence electrons. The summed E-state index contributed by atoms with van der Waals surface area (Å²) >= 11 is 5.40. The van der Waals surface area contributed by atoms with Gasteiger partial charge in [-0.3, -0.25) is 14.4 Å². The highest BCUT2D eigenvalue weighted by atomic mass is 79.9. The second kappa shape index (κ2) is 12.8. The third-order valence-corrected chi connectivity index (χ3v) is 10.6. The van der Waals surface area contributed by atoms with Gasteiger partial charge in [0.25, 0.3) is 0 Å². The number of carbonyl (C=O) groups excluding carboxylic acids is 3. The summed E-state index contributed by atoms with van der Waals surface area (Å²) in [6.07, 6.45) is 9.01. The molecular weight excluding hydrogens is 532 g/mol. The molecule has 6 atom stereocenters. The molecule has 3 heterocycles. The lowest BCUT2D eigenvalue weighted by Gasteiger charge is -2.37. The number of aliphatic hydroxyl groups is 1. The average molecular weight is 572 g/mol. The molecule has 3 fully saturated rings. The Hall–Kier alpha value is -1.32. The zero-order valence-corrected chi connectivity index (χ0v) is 23.1. The van der Waals surface area contributed by atoms with Crippen molar-refractivity contribution in [1.29, 1.82) is 0 Å². The second-order valence-electron chi connectivity index (χ2n) is 9.68. The number of aliphatic hydroxyl groups excluding tert-OH is 1. The largest absolute Gasteiger partial charge is 0.461 e. The molecule has 0 saturated carbocycles. The Balaban J connectivity index is 1.94. The van der Waals surface area contributed by atoms with Crippen LogP contribution in [0.1, 0.15) is 51.9 Å². The van der Waals surface area contributed by atoms with Gasteiger partial charge >= 0.3 is 5.97 Å². The van der Waals surface area contributed by atoms with E-state index < -0.39 is 22.6 Å². The topological polar surface area (TPSA) is 87.1 Å². The molecule has 1 N–H and O–H groups in total. The van der Waals surface area contributed by atoms with Crippen LogP contribution >= 0.6 is 27.7 Å². The van der Waals surface area contributed by atoms with Crippen LogP contribution < -0.4 is 0 Å². The lowest BCUT2D eigenvalue weighted by molar-refractivity contribution is -0.153. The van der Waals surface area contributed by atoms with Crippen molar-refractivity contribution >= 4 is 45.5 Å². The van der Waals surface area contributed by atoms with Gasteiger partial charge in [-0.05, 0) is 25.7 Å². The Labute approximate surface area is 221 Å². The van der Waals surface area contributed by atoms with E-state index in [0.717, 1.165) is 38.5 Å². The third kappa shape index (κ3) is 5.52. The summed E-state index contributed by atoms with van der Waals surface area (Å²) in [5.74, 6) is -1.67. The zero-order chi connectivity index (χ0) is 25.6. The van der Waals surface area contributed by atoms with Crippen LogP contribution in [0.3, 0.4) is 0 Å². The fourth-order valence-electron chi connectivity index (χ4n) is 5.87. The first-order valence-corrected chi connectivity index (χ1v) is 14.6. The molecule has 3 aliphatic rings. The molecule has 3 rings (SSSR count). The number of halogens is 1. The number of ether oxygens (including phenoxy) is 1. The Kier molecular flexibility index (Phi) is 10.3. The summed E-state index contributed by atoms with van der Waals surface area (Å²) in [6, 6.07) is -0.609. The van der Waals surface area contributed by atoms with Crippen LogP contribution in [0.5, 0.6) is 0 Å². The zero-order valence-electron chi connectivity index (χ0n) is 20.7. The minimum atomic E-state index is -0.651. The van der Waals surface area contributed by atoms with Crippen LogP contribution in [0.2, 0.25) is 0 Å². The molecule has 0 aliphatic carbocycles. The maximum atomic E-state index is 14.1. The summed E-state index contributed by atoms with van der Waals surface area (Å²) in [7, 11) is 0. The van der Waals surface area contributed by atoms with E-state index >= 15 is 0 Å². The molecule has 7 nitrogen and oxygen atoms in total. The Bertz CT molecular complexity index is 811. The number of nitrogens with zero attached hydrogens (tertiary/aromatic N) is 2. The fraction of sp³-hybridized carbons (Fsp3) is 0.731. The standard InChI is InChI=1S/C26H39BrN2O5S/c1-4-7-13-28(12-5-2)24(32)22-26-17-18(27)21(35-26)19(25(33)34-16-6-3)20(26)23(31)29(22)14-10-8-9-11-15-30/h5-6,18-22,30H,2-4,7-17H2,1H3/t18?,19-,20-,21-,22?,26?/m0/s1. The fourth-order valence-corrected chi connectivity index (χ4v) is 9.47. The van der Waals surface area contributed by atoms with Crippen LogP contribution in [0, 0.1) is 11.8 Å². The van der Waals surface area contributed by atoms with Crippen LogP contribution in [-0.2, 0) is 19.1 Å². The predicted molar refractivity (Wildman–Crippen MR) is 142 cm³/mol. The number of thioether (sulfide) groups is 1. The molecule has 1 spiro atoms. The normalized spacial score (nSPS) is 30.9. The van der Waals surface area contributed by atoms with E-state index in [2.05, 4.69) is 36.0 Å². The van der Waals surface area contributed by atoms with Crippen LogP contribution in [0.4, 0.5) is 0 Å². The molecule has 9 heteroatoms. The first-order valence-electron chi connectivity index (χ1n) is 12.8. The molecule has 0 aromatic rings. The number of fused-ring (bicyclic) bond motifs is 1. The molecule has 3 unspecified atom stereocenters. The summed E-state index contributed by atoms with van der Waals surface area (Å²) in [5, 5.41) is 8.98. The lowest BCUT2D eigenvalue weighted by Crippen LogP contribution is -2.55. The lowest BCUT2D eigenvalue weighted by atomic mass is 9.71. The van der Waals surface area contributed by atoms with Crippen molar-refractivity contribution in [3.8, 4) is 0 Å². The van der Waals surface area contributed by atoms with E-state index in [1.165, 1.54) is 6.08 Å². The van der Waals surface area contributed by atoms with Crippen LogP contribution in [-0.4, -0.2) is 86.4 Å². The van der Waals surface area contributed by atoms with Crippen molar-refractivity contribution in [1.82, 2.24) is 9.80 Å². The highest BCUT2D eigenvalue weighted by molar-refractivity contribution is 9.09. The van der Waals surface area contributed by atoms with Crippen molar-refractivity contribution in [2.75, 3.05) is 32.8 Å². The molecule has 0 aromatic heterocycles. The Morgan fingerprint density at radius 2 is 2.00 bits per heavy atom. The van der Waals surface area contributed by atoms with Gasteiger partial charge in [0.1, 0.15) is 12.6 Å². The first kappa shape index (κ1) is 28.3. The van der Waals surface area contributed by atoms with Crippen molar-refractivity contribution in [2.45, 2.75) is 72.7 Å². The number of hydrogen-bond donors (Lipinski definition) is 1. The summed E-state index contributed by atoms with van der Waals surface area (Å²) < 4.78 is 4.78. The van der Waals surface area contributed by atoms with Gasteiger partial charge in [-0.15, -0.1) is 18.3 Å². The smallest absolute Gasteiger partial charge is 0.311 e. The molecule has 3 aliphatic heterocycles. The number of likely N-dealkylation sites (tertiary alicyclic amines) is 1. The van der Waals surface area contributed by atoms with Crippen molar-refractivity contribution in [2.24, 2.45) is 11.8 Å². The van der Waals surface area contributed by atoms with E-state index in [1.807, 2.05) is 4.90 Å². The summed E-state index contributed by atoms with van der Waals surface area (Å²) in [5.41, 5.74) is 0. The SMILES string of the molecule is C=CCOC(=O)[C@H]1[C@H]2C(=O)N(CCCCCCO)C(C(=O)N(CC=C)CCCC)C23CC(Br)[C@@H]1S3. The van der Waals surface area contributed by atoms with Gasteiger partial charge in [0.15, 0.2) is 0 Å². The summed E-state index contributed by atoms with van der Waals surface area (Å²) in [6.45, 7) is 11.3. The molecule has 0 radical (unpaired) electrons. The average Bonchev–Trinajstić information content (AvgIpc) is 3.43. The highest BCUT2D eigenvalue weighted by Gasteiger charge is 2.76. The van der Waals surface area contributed by atoms with Crippen LogP contribution in [0.25, 0.3) is 0 Å². The minimum Gasteiger partial charge on any atom is -0.461 e. The molecular formula is C26H39BrN2O5S. The molecule has 0 aromatic carbocycles. The second-order valence-corrected chi connectivity index (χ2v) is 12.4. The summed E-state index contributed by atoms with van der Waals surface area (Å²) in [4.78, 5) is 44.8. The number of amides is 2. The number of alkyl halides is 1. The van der Waals surface area contributed by atoms with Gasteiger partial charge in [0.05, 0.1) is 16.6 Å². The first-order chi connectivity index (χ1) is 16.9. The van der Waals surface area contributed by atoms with Crippen molar-refractivity contribution in [3.05, 3.63) is 25.3 Å². The van der Waals surface area contributed by atoms with E-state index in [9.17, 15) is 14.4 Å². The van der Waals surface area contributed by atoms with Gasteiger partial charge < -0.3 is 19.6 Å². The monoisotopic (exact) mass is 570 g/mol. The Morgan fingerprint density at radius 3 is 2.66 bits per heavy atom. The number of carbonyl (C=O) groups is 3. The highest BCUT2D eigenvalue weighted by Crippen LogP contribution is 2.68. The van der Waals surface area contributed by atoms with Gasteiger partial charge in [0, 0.05) is 36.3 Å². The van der Waals surface area contributed by atoms with Crippen molar-refractivity contribution < 1.29 is 24.2 Å². The Morgan fingerprint density at radius 1 is 1.26 bits per heavy atom. The van der Waals surface area contributed by atoms with E-state index in [-0.39, 0.29) is 41.1 Å². The van der Waals surface area contributed by atoms with E-state index in [4.69, 9.17) is 9.84 Å². The van der Waals surface area contributed by atoms with Crippen LogP contribution in [0.15, 0.2) is 25.3 Å². The predicted octanol–water partition coefficient (Wildman–Crippen LogP) is 3.55. The molecule has 2 bridgehead atoms. The molecule has 2 amide bonds. The van der Waals surface area contributed by atoms with Gasteiger partial charge in [0.2, 0.25) is 11.8 Å². The van der Waals surface area contributed by atoms with E-state index in [1.54, 1.807) is 22.7 Å². The number of hydrogen-bond acceptors (Lipinski definition) is 6. The number of esters is 1. The third-order valence-electron chi connectivity index (χ3n) is 7.39. The van der Waals surface area contributed by atoms with Gasteiger partial charge in [-0.2, -0.15) is 0 Å². The van der Waals surface area contributed by atoms with Crippen molar-refractivity contribution in [3.63, 3.8) is 0 Å².